The zero-order chi connectivity index (χ0) is 32.1. The zero-order valence-electron chi connectivity index (χ0n) is 28.0. The molecule has 0 radical (unpaired) electrons. The summed E-state index contributed by atoms with van der Waals surface area (Å²) in [6.45, 7) is 19.5. The highest BCUT2D eigenvalue weighted by Gasteiger charge is 2.71. The average molecular weight is 675 g/mol. The van der Waals surface area contributed by atoms with Crippen molar-refractivity contribution in [1.82, 2.24) is 0 Å². The van der Waals surface area contributed by atoms with Gasteiger partial charge in [0, 0.05) is 10.7 Å². The predicted octanol–water partition coefficient (Wildman–Crippen LogP) is 10.1. The maximum Gasteiger partial charge on any atom is 0.192 e. The van der Waals surface area contributed by atoms with Crippen LogP contribution in [0.4, 0.5) is 0 Å². The van der Waals surface area contributed by atoms with Crippen LogP contribution in [0.3, 0.4) is 0 Å². The molecule has 1 aromatic carbocycles. The Labute approximate surface area is 283 Å². The SMILES string of the molecule is C=C(C)[C@@H]1CC[C@]2(C(=O)S)CC[C@]3(C)[C@H](CC[C@@H]4[C@@]5(C)CC[C@H](OP(=S)(S)c6ccc(OC)cc6)C(C)(C)[C@@H]5CC[C@]43C)[C@@H]12. The van der Waals surface area contributed by atoms with Crippen LogP contribution < -0.4 is 10.0 Å². The number of hydrogen-bond donors (Lipinski definition) is 2. The summed E-state index contributed by atoms with van der Waals surface area (Å²) in [5.41, 5.74) is -0.729. The van der Waals surface area contributed by atoms with E-state index in [-0.39, 0.29) is 38.3 Å². The van der Waals surface area contributed by atoms with Crippen LogP contribution in [0.25, 0.3) is 0 Å². The molecule has 6 rings (SSSR count). The standard InChI is InChI=1S/C37H55O3PS3/c1-23(2)26-15-20-37(32(38)42)22-21-35(6)27(31(26)37)13-14-29-34(5)18-17-30(33(3,4)28(34)16-19-36(29,35)7)40-41(43,44)25-11-9-24(39-8)10-12-25/h9-12,26-31H,1,13-22H2,2-8H3,(H,38,42)(H,43,44)/t26-,27+,28-,29+,30-,31+,34-,35+,36+,37-/m0/s1. The highest BCUT2D eigenvalue weighted by atomic mass is 32.9. The molecule has 7 heteroatoms. The molecular weight excluding hydrogens is 620 g/mol. The van der Waals surface area contributed by atoms with Crippen molar-refractivity contribution in [3.63, 3.8) is 0 Å². The summed E-state index contributed by atoms with van der Waals surface area (Å²) in [4.78, 5) is 13.3. The van der Waals surface area contributed by atoms with Crippen molar-refractivity contribution in [2.75, 3.05) is 7.11 Å². The number of benzene rings is 1. The molecule has 0 heterocycles. The molecule has 1 aromatic rings. The third-order valence-corrected chi connectivity index (χ3v) is 18.9. The smallest absolute Gasteiger partial charge is 0.192 e. The van der Waals surface area contributed by atoms with Crippen molar-refractivity contribution in [2.24, 2.45) is 56.7 Å². The van der Waals surface area contributed by atoms with Crippen LogP contribution in [0.1, 0.15) is 106 Å². The number of allylic oxidation sites excluding steroid dienone is 1. The molecule has 0 aromatic heterocycles. The van der Waals surface area contributed by atoms with Crippen molar-refractivity contribution in [1.29, 1.82) is 0 Å². The summed E-state index contributed by atoms with van der Waals surface area (Å²) in [6, 6.07) is 7.98. The molecule has 244 valence electrons. The molecular formula is C37H55O3PS3. The summed E-state index contributed by atoms with van der Waals surface area (Å²) in [5.74, 6) is 3.46. The Morgan fingerprint density at radius 3 is 2.20 bits per heavy atom. The van der Waals surface area contributed by atoms with Gasteiger partial charge in [-0.3, -0.25) is 4.79 Å². The average Bonchev–Trinajstić information content (AvgIpc) is 3.37. The highest BCUT2D eigenvalue weighted by Crippen LogP contribution is 2.78. The van der Waals surface area contributed by atoms with E-state index in [1.165, 1.54) is 37.7 Å². The van der Waals surface area contributed by atoms with Gasteiger partial charge < -0.3 is 9.26 Å². The number of hydrogen-bond acceptors (Lipinski definition) is 4. The Balaban J connectivity index is 1.29. The van der Waals surface area contributed by atoms with E-state index in [1.54, 1.807) is 7.11 Å². The first-order valence-electron chi connectivity index (χ1n) is 17.0. The van der Waals surface area contributed by atoms with E-state index >= 15 is 0 Å². The number of rotatable bonds is 6. The van der Waals surface area contributed by atoms with E-state index in [2.05, 4.69) is 60.8 Å². The summed E-state index contributed by atoms with van der Waals surface area (Å²) in [5, 5.41) is 1.15. The summed E-state index contributed by atoms with van der Waals surface area (Å²) in [7, 11) is 1.68. The van der Waals surface area contributed by atoms with Gasteiger partial charge in [0.15, 0.2) is 5.12 Å². The van der Waals surface area contributed by atoms with Crippen LogP contribution in [0.15, 0.2) is 36.4 Å². The van der Waals surface area contributed by atoms with Gasteiger partial charge >= 0.3 is 0 Å². The molecule has 0 aliphatic heterocycles. The fourth-order valence-corrected chi connectivity index (χ4v) is 15.8. The van der Waals surface area contributed by atoms with Crippen LogP contribution in [-0.4, -0.2) is 18.3 Å². The van der Waals surface area contributed by atoms with E-state index in [0.717, 1.165) is 43.2 Å². The van der Waals surface area contributed by atoms with Crippen LogP contribution in [0.2, 0.25) is 0 Å². The molecule has 11 atom stereocenters. The Morgan fingerprint density at radius 1 is 0.909 bits per heavy atom. The lowest BCUT2D eigenvalue weighted by Gasteiger charge is -2.73. The van der Waals surface area contributed by atoms with Crippen LogP contribution in [0.5, 0.6) is 5.75 Å². The number of carbonyl (C=O) groups excluding carboxylic acids is 1. The lowest BCUT2D eigenvalue weighted by Crippen LogP contribution is -2.67. The minimum absolute atomic E-state index is 0.00199. The van der Waals surface area contributed by atoms with Crippen molar-refractivity contribution in [3.8, 4) is 5.75 Å². The monoisotopic (exact) mass is 674 g/mol. The van der Waals surface area contributed by atoms with Crippen LogP contribution >= 0.6 is 30.3 Å². The zero-order valence-corrected chi connectivity index (χ0v) is 31.5. The van der Waals surface area contributed by atoms with Crippen molar-refractivity contribution >= 4 is 52.6 Å². The van der Waals surface area contributed by atoms with Gasteiger partial charge in [-0.25, -0.2) is 0 Å². The first-order valence-corrected chi connectivity index (χ1v) is 21.3. The van der Waals surface area contributed by atoms with Gasteiger partial charge in [0.1, 0.15) is 11.2 Å². The third-order valence-electron chi connectivity index (χ3n) is 15.1. The molecule has 3 nitrogen and oxygen atoms in total. The van der Waals surface area contributed by atoms with Gasteiger partial charge in [-0.1, -0.05) is 58.6 Å². The van der Waals surface area contributed by atoms with Gasteiger partial charge in [0.2, 0.25) is 0 Å². The minimum atomic E-state index is -2.47. The van der Waals surface area contributed by atoms with Gasteiger partial charge in [0.05, 0.1) is 13.2 Å². The van der Waals surface area contributed by atoms with Gasteiger partial charge in [0.25, 0.3) is 0 Å². The molecule has 5 aliphatic rings. The van der Waals surface area contributed by atoms with Crippen molar-refractivity contribution in [2.45, 2.75) is 112 Å². The quantitative estimate of drug-likeness (QED) is 0.179. The Kier molecular flexibility index (Phi) is 8.52. The molecule has 5 fully saturated rings. The molecule has 5 saturated carbocycles. The van der Waals surface area contributed by atoms with E-state index < -0.39 is 5.47 Å². The Bertz CT molecular complexity index is 1380. The predicted molar refractivity (Wildman–Crippen MR) is 194 cm³/mol. The minimum Gasteiger partial charge on any atom is -0.497 e. The van der Waals surface area contributed by atoms with Gasteiger partial charge in [-0.2, -0.15) is 0 Å². The summed E-state index contributed by atoms with van der Waals surface area (Å²) >= 11 is 15.7. The Hall–Kier alpha value is -0.260. The fraction of sp³-hybridized carbons (Fsp3) is 0.757. The molecule has 44 heavy (non-hydrogen) atoms. The maximum absolute atomic E-state index is 13.3. The van der Waals surface area contributed by atoms with Gasteiger partial charge in [-0.05, 0) is 147 Å². The van der Waals surface area contributed by atoms with E-state index in [9.17, 15) is 4.79 Å². The van der Waals surface area contributed by atoms with Crippen LogP contribution in [-0.2, 0) is 21.1 Å². The lowest BCUT2D eigenvalue weighted by molar-refractivity contribution is -0.243. The number of ether oxygens (including phenoxy) is 1. The molecule has 0 N–H and O–H groups in total. The van der Waals surface area contributed by atoms with E-state index in [1.807, 2.05) is 24.3 Å². The second kappa shape index (κ2) is 11.1. The molecule has 5 aliphatic carbocycles. The number of thiol groups is 2. The molecule has 0 spiro atoms. The molecule has 1 unspecified atom stereocenters. The number of fused-ring (bicyclic) bond motifs is 7. The normalized spacial score (nSPS) is 45.6. The maximum atomic E-state index is 13.3. The van der Waals surface area contributed by atoms with Crippen molar-refractivity contribution in [3.05, 3.63) is 36.4 Å². The number of methoxy groups -OCH3 is 1. The largest absolute Gasteiger partial charge is 0.497 e. The molecule has 0 amide bonds. The first kappa shape index (κ1) is 33.6. The second-order valence-corrected chi connectivity index (χ2v) is 23.0. The van der Waals surface area contributed by atoms with Gasteiger partial charge in [-0.15, -0.1) is 24.9 Å². The summed E-state index contributed by atoms with van der Waals surface area (Å²) < 4.78 is 12.3. The third kappa shape index (κ3) is 4.67. The molecule has 0 bridgehead atoms. The van der Waals surface area contributed by atoms with E-state index in [4.69, 9.17) is 33.3 Å². The van der Waals surface area contributed by atoms with E-state index in [0.29, 0.717) is 29.6 Å². The highest BCUT2D eigenvalue weighted by molar-refractivity contribution is 8.64. The topological polar surface area (TPSA) is 35.5 Å². The summed E-state index contributed by atoms with van der Waals surface area (Å²) in [6.07, 6.45) is 11.5. The lowest BCUT2D eigenvalue weighted by atomic mass is 9.32. The second-order valence-electron chi connectivity index (χ2n) is 16.8. The Morgan fingerprint density at radius 2 is 1.59 bits per heavy atom. The van der Waals surface area contributed by atoms with Crippen LogP contribution in [0, 0.1) is 56.7 Å². The number of carbonyl (C=O) groups is 1. The first-order chi connectivity index (χ1) is 20.5. The fourth-order valence-electron chi connectivity index (χ4n) is 12.7. The molecule has 0 saturated heterocycles. The van der Waals surface area contributed by atoms with Crippen molar-refractivity contribution < 1.29 is 14.1 Å².